The van der Waals surface area contributed by atoms with Gasteiger partial charge in [-0.3, -0.25) is 4.99 Å². The van der Waals surface area contributed by atoms with Crippen LogP contribution in [0.3, 0.4) is 0 Å². The first-order valence-electron chi connectivity index (χ1n) is 5.56. The molecule has 1 aromatic rings. The van der Waals surface area contributed by atoms with Crippen LogP contribution in [0.4, 0.5) is 0 Å². The number of aliphatic imine (C=N–C) groups is 1. The Bertz CT molecular complexity index is 346. The number of amidine groups is 1. The topological polar surface area (TPSA) is 37.3 Å². The molecule has 5 heteroatoms. The van der Waals surface area contributed by atoms with Gasteiger partial charge < -0.3 is 5.32 Å². The van der Waals surface area contributed by atoms with Crippen LogP contribution in [0.15, 0.2) is 15.9 Å². The molecule has 16 heavy (non-hydrogen) atoms. The highest BCUT2D eigenvalue weighted by Crippen LogP contribution is 2.25. The van der Waals surface area contributed by atoms with Crippen molar-refractivity contribution in [2.75, 3.05) is 6.54 Å². The number of aromatic nitrogens is 1. The van der Waals surface area contributed by atoms with Gasteiger partial charge in [-0.15, -0.1) is 11.3 Å². The lowest BCUT2D eigenvalue weighted by Gasteiger charge is -2.10. The second-order valence-corrected chi connectivity index (χ2v) is 6.36. The third-order valence-corrected chi connectivity index (χ3v) is 4.16. The molecule has 1 unspecified atom stereocenters. The van der Waals surface area contributed by atoms with E-state index in [2.05, 4.69) is 34.5 Å². The smallest absolute Gasteiger partial charge is 0.157 e. The van der Waals surface area contributed by atoms with Gasteiger partial charge in [0.25, 0.3) is 0 Å². The second kappa shape index (κ2) is 5.68. The normalized spacial score (nSPS) is 20.2. The SMILES string of the molecule is CC(C)CC1CN=C(NCc2cscn2)S1. The van der Waals surface area contributed by atoms with Crippen molar-refractivity contribution < 1.29 is 0 Å². The molecule has 1 aliphatic rings. The quantitative estimate of drug-likeness (QED) is 0.899. The minimum Gasteiger partial charge on any atom is -0.359 e. The molecule has 1 atom stereocenters. The first-order chi connectivity index (χ1) is 7.74. The maximum Gasteiger partial charge on any atom is 0.157 e. The van der Waals surface area contributed by atoms with E-state index in [-0.39, 0.29) is 0 Å². The number of rotatable bonds is 4. The Morgan fingerprint density at radius 2 is 2.44 bits per heavy atom. The van der Waals surface area contributed by atoms with Gasteiger partial charge in [0.05, 0.1) is 24.3 Å². The van der Waals surface area contributed by atoms with E-state index < -0.39 is 0 Å². The van der Waals surface area contributed by atoms with Crippen LogP contribution >= 0.6 is 23.1 Å². The van der Waals surface area contributed by atoms with E-state index in [1.165, 1.54) is 6.42 Å². The lowest BCUT2D eigenvalue weighted by atomic mass is 10.1. The molecule has 0 bridgehead atoms. The molecule has 2 heterocycles. The van der Waals surface area contributed by atoms with E-state index in [1.807, 2.05) is 17.3 Å². The summed E-state index contributed by atoms with van der Waals surface area (Å²) in [6, 6.07) is 0. The van der Waals surface area contributed by atoms with Gasteiger partial charge in [-0.1, -0.05) is 25.6 Å². The highest BCUT2D eigenvalue weighted by molar-refractivity contribution is 8.14. The van der Waals surface area contributed by atoms with Gasteiger partial charge >= 0.3 is 0 Å². The third kappa shape index (κ3) is 3.49. The average molecular weight is 255 g/mol. The predicted octanol–water partition coefficient (Wildman–Crippen LogP) is 2.75. The van der Waals surface area contributed by atoms with Crippen molar-refractivity contribution >= 4 is 28.3 Å². The van der Waals surface area contributed by atoms with Crippen LogP contribution in [0.5, 0.6) is 0 Å². The van der Waals surface area contributed by atoms with Gasteiger partial charge in [-0.2, -0.15) is 0 Å². The maximum atomic E-state index is 4.51. The van der Waals surface area contributed by atoms with Crippen molar-refractivity contribution in [3.8, 4) is 0 Å². The minimum atomic E-state index is 0.665. The maximum absolute atomic E-state index is 4.51. The summed E-state index contributed by atoms with van der Waals surface area (Å²) in [6.45, 7) is 6.29. The van der Waals surface area contributed by atoms with Crippen LogP contribution in [-0.4, -0.2) is 21.9 Å². The summed E-state index contributed by atoms with van der Waals surface area (Å²) in [5.41, 5.74) is 2.96. The molecule has 1 N–H and O–H groups in total. The van der Waals surface area contributed by atoms with Crippen LogP contribution in [0, 0.1) is 5.92 Å². The number of nitrogens with one attached hydrogen (secondary N) is 1. The molecule has 88 valence electrons. The fraction of sp³-hybridized carbons (Fsp3) is 0.636. The Labute approximate surface area is 105 Å². The van der Waals surface area contributed by atoms with Crippen molar-refractivity contribution in [3.63, 3.8) is 0 Å². The standard InChI is InChI=1S/C11H17N3S2/c1-8(2)3-10-5-13-11(16-10)12-4-9-6-15-7-14-9/h6-8,10H,3-5H2,1-2H3,(H,12,13). The van der Waals surface area contributed by atoms with Crippen molar-refractivity contribution in [1.82, 2.24) is 10.3 Å². The van der Waals surface area contributed by atoms with E-state index in [4.69, 9.17) is 0 Å². The summed E-state index contributed by atoms with van der Waals surface area (Å²) in [5.74, 6) is 0.755. The molecule has 2 rings (SSSR count). The Morgan fingerprint density at radius 1 is 1.56 bits per heavy atom. The van der Waals surface area contributed by atoms with E-state index in [1.54, 1.807) is 11.3 Å². The number of hydrogen-bond donors (Lipinski definition) is 1. The molecule has 0 saturated heterocycles. The van der Waals surface area contributed by atoms with Crippen molar-refractivity contribution in [2.24, 2.45) is 10.9 Å². The van der Waals surface area contributed by atoms with E-state index in [9.17, 15) is 0 Å². The molecular formula is C11H17N3S2. The number of thioether (sulfide) groups is 1. The number of nitrogens with zero attached hydrogens (tertiary/aromatic N) is 2. The summed E-state index contributed by atoms with van der Waals surface area (Å²) in [4.78, 5) is 8.75. The lowest BCUT2D eigenvalue weighted by molar-refractivity contribution is 0.575. The summed E-state index contributed by atoms with van der Waals surface area (Å²) < 4.78 is 0. The third-order valence-electron chi connectivity index (χ3n) is 2.36. The fourth-order valence-electron chi connectivity index (χ4n) is 1.65. The van der Waals surface area contributed by atoms with Gasteiger partial charge in [0, 0.05) is 10.6 Å². The predicted molar refractivity (Wildman–Crippen MR) is 72.1 cm³/mol. The minimum absolute atomic E-state index is 0.665. The Kier molecular flexibility index (Phi) is 4.23. The fourth-order valence-corrected chi connectivity index (χ4v) is 3.46. The zero-order chi connectivity index (χ0) is 11.4. The highest BCUT2D eigenvalue weighted by atomic mass is 32.2. The molecule has 0 spiro atoms. The van der Waals surface area contributed by atoms with Crippen LogP contribution in [0.2, 0.25) is 0 Å². The summed E-state index contributed by atoms with van der Waals surface area (Å²) in [7, 11) is 0. The van der Waals surface area contributed by atoms with Gasteiger partial charge in [0.15, 0.2) is 5.17 Å². The van der Waals surface area contributed by atoms with E-state index in [0.29, 0.717) is 5.25 Å². The number of hydrogen-bond acceptors (Lipinski definition) is 5. The van der Waals surface area contributed by atoms with Gasteiger partial charge in [-0.25, -0.2) is 4.98 Å². The molecule has 0 radical (unpaired) electrons. The summed E-state index contributed by atoms with van der Waals surface area (Å²) in [6.07, 6.45) is 1.25. The van der Waals surface area contributed by atoms with Crippen molar-refractivity contribution in [1.29, 1.82) is 0 Å². The van der Waals surface area contributed by atoms with Crippen LogP contribution in [-0.2, 0) is 6.54 Å². The molecule has 1 aromatic heterocycles. The molecule has 1 aliphatic heterocycles. The highest BCUT2D eigenvalue weighted by Gasteiger charge is 2.20. The summed E-state index contributed by atoms with van der Waals surface area (Å²) in [5, 5.41) is 7.16. The zero-order valence-electron chi connectivity index (χ0n) is 9.64. The van der Waals surface area contributed by atoms with Crippen LogP contribution < -0.4 is 5.32 Å². The van der Waals surface area contributed by atoms with Gasteiger partial charge in [-0.05, 0) is 12.3 Å². The lowest BCUT2D eigenvalue weighted by Crippen LogP contribution is -2.19. The van der Waals surface area contributed by atoms with Crippen LogP contribution in [0.25, 0.3) is 0 Å². The first kappa shape index (κ1) is 11.9. The van der Waals surface area contributed by atoms with E-state index >= 15 is 0 Å². The average Bonchev–Trinajstić information content (AvgIpc) is 2.84. The van der Waals surface area contributed by atoms with E-state index in [0.717, 1.165) is 29.9 Å². The molecule has 3 nitrogen and oxygen atoms in total. The van der Waals surface area contributed by atoms with Gasteiger partial charge in [0.2, 0.25) is 0 Å². The molecule has 0 aliphatic carbocycles. The Hall–Kier alpha value is -0.550. The van der Waals surface area contributed by atoms with Crippen molar-refractivity contribution in [2.45, 2.75) is 32.1 Å². The zero-order valence-corrected chi connectivity index (χ0v) is 11.3. The van der Waals surface area contributed by atoms with Gasteiger partial charge in [0.1, 0.15) is 0 Å². The molecule has 0 amide bonds. The second-order valence-electron chi connectivity index (χ2n) is 4.35. The largest absolute Gasteiger partial charge is 0.359 e. The van der Waals surface area contributed by atoms with Crippen molar-refractivity contribution in [3.05, 3.63) is 16.6 Å². The molecule has 0 saturated carbocycles. The monoisotopic (exact) mass is 255 g/mol. The molecular weight excluding hydrogens is 238 g/mol. The first-order valence-corrected chi connectivity index (χ1v) is 7.38. The molecule has 0 fully saturated rings. The molecule has 0 aromatic carbocycles. The number of thiazole rings is 1. The van der Waals surface area contributed by atoms with Crippen LogP contribution in [0.1, 0.15) is 26.0 Å². The Morgan fingerprint density at radius 3 is 3.12 bits per heavy atom. The Balaban J connectivity index is 1.72. The summed E-state index contributed by atoms with van der Waals surface area (Å²) >= 11 is 3.51.